The molecule has 0 heterocycles. The number of carbonyl (C=O) groups excluding carboxylic acids is 1. The number of carboxylic acids is 1. The highest BCUT2D eigenvalue weighted by molar-refractivity contribution is 5.95. The lowest BCUT2D eigenvalue weighted by atomic mass is 10.0. The molecule has 0 spiro atoms. The number of aryl methyl sites for hydroxylation is 2. The molecule has 1 rings (SSSR count). The number of hydrogen-bond acceptors (Lipinski definition) is 2. The van der Waals surface area contributed by atoms with Crippen molar-refractivity contribution in [3.05, 3.63) is 34.6 Å². The van der Waals surface area contributed by atoms with Gasteiger partial charge in [-0.2, -0.15) is 0 Å². The zero-order valence-electron chi connectivity index (χ0n) is 12.2. The molecule has 0 fully saturated rings. The second kappa shape index (κ2) is 6.50. The minimum absolute atomic E-state index is 0.108. The minimum Gasteiger partial charge on any atom is -0.481 e. The Kier molecular flexibility index (Phi) is 5.25. The second-order valence-corrected chi connectivity index (χ2v) is 5.16. The van der Waals surface area contributed by atoms with Gasteiger partial charge in [0.05, 0.1) is 6.42 Å². The topological polar surface area (TPSA) is 57.6 Å². The van der Waals surface area contributed by atoms with E-state index in [0.717, 1.165) is 0 Å². The van der Waals surface area contributed by atoms with Crippen molar-refractivity contribution in [2.45, 2.75) is 40.2 Å². The number of hydrogen-bond donors (Lipinski definition) is 1. The van der Waals surface area contributed by atoms with Crippen LogP contribution in [0.2, 0.25) is 0 Å². The van der Waals surface area contributed by atoms with E-state index in [1.165, 1.54) is 17.0 Å². The SMILES string of the molecule is Cc1cc(C(=O)N(CCC(=O)O)C(C)C)cc(C)c1F. The van der Waals surface area contributed by atoms with Crippen LogP contribution in [-0.4, -0.2) is 34.5 Å². The van der Waals surface area contributed by atoms with Crippen molar-refractivity contribution in [1.82, 2.24) is 4.90 Å². The minimum atomic E-state index is -0.949. The number of aliphatic carboxylic acids is 1. The molecule has 110 valence electrons. The lowest BCUT2D eigenvalue weighted by molar-refractivity contribution is -0.137. The van der Waals surface area contributed by atoms with Gasteiger partial charge in [-0.05, 0) is 51.0 Å². The molecule has 20 heavy (non-hydrogen) atoms. The quantitative estimate of drug-likeness (QED) is 0.903. The fourth-order valence-electron chi connectivity index (χ4n) is 2.05. The highest BCUT2D eigenvalue weighted by Gasteiger charge is 2.20. The van der Waals surface area contributed by atoms with Gasteiger partial charge in [0.1, 0.15) is 5.82 Å². The van der Waals surface area contributed by atoms with Crippen LogP contribution < -0.4 is 0 Å². The van der Waals surface area contributed by atoms with Crippen LogP contribution in [0.1, 0.15) is 41.8 Å². The Morgan fingerprint density at radius 2 is 1.75 bits per heavy atom. The van der Waals surface area contributed by atoms with Crippen LogP contribution in [0, 0.1) is 19.7 Å². The molecule has 4 nitrogen and oxygen atoms in total. The summed E-state index contributed by atoms with van der Waals surface area (Å²) in [5.74, 6) is -1.54. The summed E-state index contributed by atoms with van der Waals surface area (Å²) in [7, 11) is 0. The van der Waals surface area contributed by atoms with E-state index in [-0.39, 0.29) is 30.7 Å². The molecule has 1 aromatic carbocycles. The summed E-state index contributed by atoms with van der Waals surface area (Å²) in [6.07, 6.45) is -0.108. The average molecular weight is 281 g/mol. The Morgan fingerprint density at radius 3 is 2.15 bits per heavy atom. The Hall–Kier alpha value is -1.91. The van der Waals surface area contributed by atoms with Gasteiger partial charge < -0.3 is 10.0 Å². The first-order chi connectivity index (χ1) is 9.23. The number of halogens is 1. The Bertz CT molecular complexity index is 503. The number of carboxylic acid groups (broad SMARTS) is 1. The highest BCUT2D eigenvalue weighted by Crippen LogP contribution is 2.17. The third kappa shape index (κ3) is 3.79. The number of benzene rings is 1. The molecule has 1 amide bonds. The molecular formula is C15H20FNO3. The van der Waals surface area contributed by atoms with E-state index in [4.69, 9.17) is 5.11 Å². The summed E-state index contributed by atoms with van der Waals surface area (Å²) in [4.78, 5) is 24.6. The molecular weight excluding hydrogens is 261 g/mol. The van der Waals surface area contributed by atoms with Crippen molar-refractivity contribution in [3.63, 3.8) is 0 Å². The van der Waals surface area contributed by atoms with Crippen molar-refractivity contribution < 1.29 is 19.1 Å². The molecule has 0 aliphatic rings. The maximum Gasteiger partial charge on any atom is 0.305 e. The summed E-state index contributed by atoms with van der Waals surface area (Å²) in [5.41, 5.74) is 1.21. The molecule has 0 atom stereocenters. The van der Waals surface area contributed by atoms with Crippen LogP contribution in [0.25, 0.3) is 0 Å². The van der Waals surface area contributed by atoms with Gasteiger partial charge in [-0.1, -0.05) is 0 Å². The van der Waals surface area contributed by atoms with Gasteiger partial charge >= 0.3 is 5.97 Å². The number of rotatable bonds is 5. The molecule has 0 aromatic heterocycles. The molecule has 0 saturated carbocycles. The predicted octanol–water partition coefficient (Wildman–Crippen LogP) is 2.77. The van der Waals surface area contributed by atoms with E-state index in [1.807, 2.05) is 13.8 Å². The van der Waals surface area contributed by atoms with E-state index in [1.54, 1.807) is 13.8 Å². The number of carbonyl (C=O) groups is 2. The van der Waals surface area contributed by atoms with Crippen molar-refractivity contribution in [1.29, 1.82) is 0 Å². The van der Waals surface area contributed by atoms with Crippen LogP contribution in [-0.2, 0) is 4.79 Å². The van der Waals surface area contributed by atoms with Gasteiger partial charge in [0.25, 0.3) is 5.91 Å². The van der Waals surface area contributed by atoms with Gasteiger partial charge in [0.2, 0.25) is 0 Å². The van der Waals surface area contributed by atoms with Crippen LogP contribution in [0.15, 0.2) is 12.1 Å². The Balaban J connectivity index is 3.03. The standard InChI is InChI=1S/C15H20FNO3/c1-9(2)17(6-5-13(18)19)15(20)12-7-10(3)14(16)11(4)8-12/h7-9H,5-6H2,1-4H3,(H,18,19). The largest absolute Gasteiger partial charge is 0.481 e. The van der Waals surface area contributed by atoms with Gasteiger partial charge in [-0.15, -0.1) is 0 Å². The van der Waals surface area contributed by atoms with E-state index < -0.39 is 5.97 Å². The fraction of sp³-hybridized carbons (Fsp3) is 0.467. The van der Waals surface area contributed by atoms with Crippen LogP contribution in [0.5, 0.6) is 0 Å². The summed E-state index contributed by atoms with van der Waals surface area (Å²) in [5, 5.41) is 8.73. The second-order valence-electron chi connectivity index (χ2n) is 5.16. The molecule has 0 aliphatic heterocycles. The normalized spacial score (nSPS) is 10.7. The number of amides is 1. The first kappa shape index (κ1) is 16.1. The molecule has 5 heteroatoms. The molecule has 1 N–H and O–H groups in total. The third-order valence-electron chi connectivity index (χ3n) is 3.13. The van der Waals surface area contributed by atoms with Crippen LogP contribution >= 0.6 is 0 Å². The Morgan fingerprint density at radius 1 is 1.25 bits per heavy atom. The smallest absolute Gasteiger partial charge is 0.305 e. The van der Waals surface area contributed by atoms with E-state index in [9.17, 15) is 14.0 Å². The monoisotopic (exact) mass is 281 g/mol. The van der Waals surface area contributed by atoms with E-state index >= 15 is 0 Å². The van der Waals surface area contributed by atoms with E-state index in [2.05, 4.69) is 0 Å². The fourth-order valence-corrected chi connectivity index (χ4v) is 2.05. The predicted molar refractivity (Wildman–Crippen MR) is 74.3 cm³/mol. The third-order valence-corrected chi connectivity index (χ3v) is 3.13. The molecule has 0 aliphatic carbocycles. The highest BCUT2D eigenvalue weighted by atomic mass is 19.1. The van der Waals surface area contributed by atoms with Gasteiger partial charge in [0.15, 0.2) is 0 Å². The molecule has 1 aromatic rings. The summed E-state index contributed by atoms with van der Waals surface area (Å²) in [6, 6.07) is 2.88. The van der Waals surface area contributed by atoms with Crippen LogP contribution in [0.4, 0.5) is 4.39 Å². The maximum absolute atomic E-state index is 13.6. The zero-order chi connectivity index (χ0) is 15.4. The van der Waals surface area contributed by atoms with E-state index in [0.29, 0.717) is 16.7 Å². The molecule has 0 radical (unpaired) electrons. The lowest BCUT2D eigenvalue weighted by Gasteiger charge is -2.26. The van der Waals surface area contributed by atoms with Crippen molar-refractivity contribution in [2.24, 2.45) is 0 Å². The summed E-state index contributed by atoms with van der Waals surface area (Å²) < 4.78 is 13.6. The Labute approximate surface area is 118 Å². The van der Waals surface area contributed by atoms with Gasteiger partial charge in [0, 0.05) is 18.2 Å². The first-order valence-electron chi connectivity index (χ1n) is 6.53. The van der Waals surface area contributed by atoms with Crippen molar-refractivity contribution in [3.8, 4) is 0 Å². The summed E-state index contributed by atoms with van der Waals surface area (Å²) in [6.45, 7) is 7.00. The van der Waals surface area contributed by atoms with Crippen molar-refractivity contribution in [2.75, 3.05) is 6.54 Å². The molecule has 0 saturated heterocycles. The average Bonchev–Trinajstić information content (AvgIpc) is 2.34. The first-order valence-corrected chi connectivity index (χ1v) is 6.53. The maximum atomic E-state index is 13.6. The lowest BCUT2D eigenvalue weighted by Crippen LogP contribution is -2.38. The van der Waals surface area contributed by atoms with Gasteiger partial charge in [-0.3, -0.25) is 9.59 Å². The zero-order valence-corrected chi connectivity index (χ0v) is 12.2. The van der Waals surface area contributed by atoms with Crippen LogP contribution in [0.3, 0.4) is 0 Å². The molecule has 0 unspecified atom stereocenters. The van der Waals surface area contributed by atoms with Gasteiger partial charge in [-0.25, -0.2) is 4.39 Å². The molecule has 0 bridgehead atoms. The summed E-state index contributed by atoms with van der Waals surface area (Å²) >= 11 is 0. The van der Waals surface area contributed by atoms with Crippen molar-refractivity contribution >= 4 is 11.9 Å². The number of nitrogens with zero attached hydrogens (tertiary/aromatic N) is 1.